The van der Waals surface area contributed by atoms with Crippen LogP contribution in [0.3, 0.4) is 0 Å². The maximum Gasteiger partial charge on any atom is 0.303 e. The number of nitrogens with zero attached hydrogens (tertiary/aromatic N) is 1. The van der Waals surface area contributed by atoms with Crippen molar-refractivity contribution >= 4 is 5.97 Å². The summed E-state index contributed by atoms with van der Waals surface area (Å²) in [6.45, 7) is 2.99. The van der Waals surface area contributed by atoms with Gasteiger partial charge in [-0.25, -0.2) is 0 Å². The zero-order chi connectivity index (χ0) is 24.5. The number of rotatable bonds is 11. The molecule has 0 bridgehead atoms. The first kappa shape index (κ1) is 25.6. The SMILES string of the molecule is O=C(O)CCCC=CC[C@@H]1[C@@H](N2CCOCC2)[C@H](O)C[C@@H]1OC(c1ccccc1)c1ccccc1. The van der Waals surface area contributed by atoms with Gasteiger partial charge in [0.15, 0.2) is 0 Å². The molecule has 0 spiro atoms. The van der Waals surface area contributed by atoms with Crippen LogP contribution in [0.2, 0.25) is 0 Å². The predicted octanol–water partition coefficient (Wildman–Crippen LogP) is 4.44. The van der Waals surface area contributed by atoms with Gasteiger partial charge in [-0.05, 0) is 30.4 Å². The van der Waals surface area contributed by atoms with Crippen LogP contribution in [0.25, 0.3) is 0 Å². The van der Waals surface area contributed by atoms with Crippen molar-refractivity contribution in [2.45, 2.75) is 56.5 Å². The summed E-state index contributed by atoms with van der Waals surface area (Å²) >= 11 is 0. The lowest BCUT2D eigenvalue weighted by Gasteiger charge is -2.38. The fourth-order valence-electron chi connectivity index (χ4n) is 5.42. The van der Waals surface area contributed by atoms with E-state index in [0.717, 1.165) is 37.1 Å². The third-order valence-electron chi connectivity index (χ3n) is 7.10. The highest BCUT2D eigenvalue weighted by Crippen LogP contribution is 2.40. The van der Waals surface area contributed by atoms with Gasteiger partial charge in [-0.1, -0.05) is 72.8 Å². The number of carbonyl (C=O) groups is 1. The maximum atomic E-state index is 11.2. The number of benzene rings is 2. The van der Waals surface area contributed by atoms with Crippen LogP contribution < -0.4 is 0 Å². The van der Waals surface area contributed by atoms with Crippen LogP contribution in [0.4, 0.5) is 0 Å². The number of morpholine rings is 1. The molecule has 2 fully saturated rings. The molecule has 6 heteroatoms. The van der Waals surface area contributed by atoms with Crippen molar-refractivity contribution in [3.05, 3.63) is 83.9 Å². The molecule has 1 saturated carbocycles. The van der Waals surface area contributed by atoms with E-state index >= 15 is 0 Å². The molecule has 2 aromatic rings. The number of unbranched alkanes of at least 4 members (excludes halogenated alkanes) is 1. The molecule has 35 heavy (non-hydrogen) atoms. The van der Waals surface area contributed by atoms with E-state index in [1.807, 2.05) is 36.4 Å². The van der Waals surface area contributed by atoms with Crippen molar-refractivity contribution in [3.63, 3.8) is 0 Å². The standard InChI is InChI=1S/C29H37NO5/c31-25-21-26(35-29(22-11-5-3-6-12-22)23-13-7-4-8-14-23)24(15-9-1-2-10-16-27(32)33)28(25)30-17-19-34-20-18-30/h1,3-9,11-14,24-26,28-29,31H,2,10,15-21H2,(H,32,33)/t24-,25+,26-,28+/m0/s1. The maximum absolute atomic E-state index is 11.2. The molecule has 188 valence electrons. The van der Waals surface area contributed by atoms with Crippen molar-refractivity contribution in [2.24, 2.45) is 5.92 Å². The first-order valence-corrected chi connectivity index (χ1v) is 12.8. The van der Waals surface area contributed by atoms with E-state index in [1.165, 1.54) is 0 Å². The average Bonchev–Trinajstić information content (AvgIpc) is 3.20. The fourth-order valence-corrected chi connectivity index (χ4v) is 5.42. The van der Waals surface area contributed by atoms with Gasteiger partial charge in [-0.15, -0.1) is 0 Å². The Morgan fingerprint density at radius 1 is 1.03 bits per heavy atom. The topological polar surface area (TPSA) is 79.2 Å². The van der Waals surface area contributed by atoms with E-state index < -0.39 is 12.1 Å². The average molecular weight is 480 g/mol. The van der Waals surface area contributed by atoms with Crippen molar-refractivity contribution in [1.82, 2.24) is 4.90 Å². The van der Waals surface area contributed by atoms with Crippen molar-refractivity contribution in [1.29, 1.82) is 0 Å². The first-order valence-electron chi connectivity index (χ1n) is 12.8. The number of carboxylic acids is 1. The summed E-state index contributed by atoms with van der Waals surface area (Å²) in [5, 5.41) is 20.1. The van der Waals surface area contributed by atoms with Crippen LogP contribution in [-0.2, 0) is 14.3 Å². The van der Waals surface area contributed by atoms with Crippen molar-refractivity contribution in [3.8, 4) is 0 Å². The Labute approximate surface area is 208 Å². The van der Waals surface area contributed by atoms with Crippen LogP contribution in [-0.4, -0.2) is 65.6 Å². The molecule has 0 amide bonds. The number of aliphatic carboxylic acids is 1. The van der Waals surface area contributed by atoms with Crippen molar-refractivity contribution < 1.29 is 24.5 Å². The van der Waals surface area contributed by atoms with E-state index in [9.17, 15) is 9.90 Å². The predicted molar refractivity (Wildman–Crippen MR) is 135 cm³/mol. The molecule has 0 radical (unpaired) electrons. The number of hydrogen-bond donors (Lipinski definition) is 2. The van der Waals surface area contributed by atoms with Gasteiger partial charge in [-0.2, -0.15) is 0 Å². The number of ether oxygens (including phenoxy) is 2. The third-order valence-corrected chi connectivity index (χ3v) is 7.10. The lowest BCUT2D eigenvalue weighted by molar-refractivity contribution is -0.137. The van der Waals surface area contributed by atoms with Gasteiger partial charge in [-0.3, -0.25) is 9.69 Å². The molecule has 2 N–H and O–H groups in total. The largest absolute Gasteiger partial charge is 0.481 e. The number of hydrogen-bond acceptors (Lipinski definition) is 5. The Morgan fingerprint density at radius 3 is 2.26 bits per heavy atom. The molecule has 2 aromatic carbocycles. The van der Waals surface area contributed by atoms with Crippen LogP contribution in [0.1, 0.15) is 49.3 Å². The first-order chi connectivity index (χ1) is 17.1. The number of carboxylic acid groups (broad SMARTS) is 1. The molecule has 0 unspecified atom stereocenters. The normalized spacial score (nSPS) is 25.4. The van der Waals surface area contributed by atoms with Gasteiger partial charge < -0.3 is 19.7 Å². The van der Waals surface area contributed by atoms with E-state index in [4.69, 9.17) is 14.6 Å². The third kappa shape index (κ3) is 7.01. The highest BCUT2D eigenvalue weighted by Gasteiger charge is 2.46. The lowest BCUT2D eigenvalue weighted by Crippen LogP contribution is -2.50. The summed E-state index contributed by atoms with van der Waals surface area (Å²) in [5.74, 6) is -0.625. The van der Waals surface area contributed by atoms with Gasteiger partial charge in [0, 0.05) is 37.9 Å². The molecule has 0 aromatic heterocycles. The Kier molecular flexibility index (Phi) is 9.49. The minimum Gasteiger partial charge on any atom is -0.481 e. The summed E-state index contributed by atoms with van der Waals surface area (Å²) in [6, 6.07) is 20.6. The number of aliphatic hydroxyl groups excluding tert-OH is 1. The Morgan fingerprint density at radius 2 is 1.66 bits per heavy atom. The summed E-state index contributed by atoms with van der Waals surface area (Å²) in [6.07, 6.45) is 6.39. The summed E-state index contributed by atoms with van der Waals surface area (Å²) in [4.78, 5) is 13.2. The second-order valence-corrected chi connectivity index (χ2v) is 9.47. The second-order valence-electron chi connectivity index (χ2n) is 9.47. The number of allylic oxidation sites excluding steroid dienone is 2. The molecule has 1 heterocycles. The smallest absolute Gasteiger partial charge is 0.303 e. The summed E-state index contributed by atoms with van der Waals surface area (Å²) in [7, 11) is 0. The summed E-state index contributed by atoms with van der Waals surface area (Å²) < 4.78 is 12.4. The molecule has 1 saturated heterocycles. The van der Waals surface area contributed by atoms with Gasteiger partial charge in [0.25, 0.3) is 0 Å². The molecule has 1 aliphatic carbocycles. The molecule has 2 aliphatic rings. The lowest BCUT2D eigenvalue weighted by atomic mass is 9.94. The van der Waals surface area contributed by atoms with Crippen molar-refractivity contribution in [2.75, 3.05) is 26.3 Å². The molecule has 4 rings (SSSR count). The quantitative estimate of drug-likeness (QED) is 0.366. The zero-order valence-electron chi connectivity index (χ0n) is 20.2. The molecule has 4 atom stereocenters. The molecule has 6 nitrogen and oxygen atoms in total. The van der Waals surface area contributed by atoms with Crippen LogP contribution in [0, 0.1) is 5.92 Å². The Bertz CT molecular complexity index is 889. The minimum atomic E-state index is -0.758. The highest BCUT2D eigenvalue weighted by atomic mass is 16.5. The van der Waals surface area contributed by atoms with E-state index in [2.05, 4.69) is 41.3 Å². The number of aliphatic hydroxyl groups is 1. The van der Waals surface area contributed by atoms with Gasteiger partial charge >= 0.3 is 5.97 Å². The molecule has 1 aliphatic heterocycles. The molecular weight excluding hydrogens is 442 g/mol. The zero-order valence-corrected chi connectivity index (χ0v) is 20.2. The Balaban J connectivity index is 1.54. The van der Waals surface area contributed by atoms with Gasteiger partial charge in [0.2, 0.25) is 0 Å². The van der Waals surface area contributed by atoms with Crippen LogP contribution in [0.5, 0.6) is 0 Å². The van der Waals surface area contributed by atoms with E-state index in [1.54, 1.807) is 0 Å². The monoisotopic (exact) mass is 479 g/mol. The Hall–Kier alpha value is -2.51. The van der Waals surface area contributed by atoms with Gasteiger partial charge in [0.1, 0.15) is 6.10 Å². The van der Waals surface area contributed by atoms with Crippen LogP contribution >= 0.6 is 0 Å². The van der Waals surface area contributed by atoms with E-state index in [0.29, 0.717) is 26.1 Å². The highest BCUT2D eigenvalue weighted by molar-refractivity contribution is 5.66. The second kappa shape index (κ2) is 13.0. The molecular formula is C29H37NO5. The van der Waals surface area contributed by atoms with Gasteiger partial charge in [0.05, 0.1) is 25.4 Å². The van der Waals surface area contributed by atoms with E-state index in [-0.39, 0.29) is 30.6 Å². The fraction of sp³-hybridized carbons (Fsp3) is 0.483. The van der Waals surface area contributed by atoms with Crippen LogP contribution in [0.15, 0.2) is 72.8 Å². The summed E-state index contributed by atoms with van der Waals surface area (Å²) in [5.41, 5.74) is 2.21. The minimum absolute atomic E-state index is 0.0137.